The molecular formula is C15H25N3O3. The molecule has 1 saturated heterocycles. The Labute approximate surface area is 125 Å². The second-order valence-corrected chi connectivity index (χ2v) is 6.39. The maximum Gasteiger partial charge on any atom is 0.410 e. The number of aromatic nitrogens is 1. The van der Waals surface area contributed by atoms with Crippen molar-refractivity contribution in [2.45, 2.75) is 52.1 Å². The van der Waals surface area contributed by atoms with Crippen LogP contribution in [-0.2, 0) is 4.74 Å². The van der Waals surface area contributed by atoms with Gasteiger partial charge >= 0.3 is 6.09 Å². The molecular weight excluding hydrogens is 270 g/mol. The number of piperidine rings is 1. The molecule has 0 bridgehead atoms. The number of hydrogen-bond donors (Lipinski definition) is 1. The average Bonchev–Trinajstić information content (AvgIpc) is 2.86. The molecule has 0 atom stereocenters. The summed E-state index contributed by atoms with van der Waals surface area (Å²) in [5.41, 5.74) is 0.524. The zero-order chi connectivity index (χ0) is 15.5. The Morgan fingerprint density at radius 3 is 2.71 bits per heavy atom. The van der Waals surface area contributed by atoms with Gasteiger partial charge < -0.3 is 19.5 Å². The van der Waals surface area contributed by atoms with Crippen molar-refractivity contribution >= 4 is 12.0 Å². The number of ether oxygens (including phenoxy) is 1. The molecule has 6 heteroatoms. The molecule has 1 fully saturated rings. The molecule has 1 amide bonds. The van der Waals surface area contributed by atoms with Gasteiger partial charge in [-0.3, -0.25) is 0 Å². The second kappa shape index (κ2) is 6.37. The van der Waals surface area contributed by atoms with Crippen LogP contribution in [0.5, 0.6) is 0 Å². The van der Waals surface area contributed by atoms with Crippen LogP contribution in [-0.4, -0.2) is 41.4 Å². The number of carbonyl (C=O) groups is 1. The Morgan fingerprint density at radius 1 is 1.48 bits per heavy atom. The first-order valence-electron chi connectivity index (χ1n) is 7.57. The first-order valence-corrected chi connectivity index (χ1v) is 7.57. The highest BCUT2D eigenvalue weighted by molar-refractivity contribution is 5.68. The maximum absolute atomic E-state index is 12.0. The number of hydrogen-bond acceptors (Lipinski definition) is 5. The summed E-state index contributed by atoms with van der Waals surface area (Å²) in [6.45, 7) is 9.87. The average molecular weight is 295 g/mol. The summed E-state index contributed by atoms with van der Waals surface area (Å²) in [7, 11) is 0. The molecule has 1 aromatic heterocycles. The van der Waals surface area contributed by atoms with Crippen molar-refractivity contribution < 1.29 is 14.1 Å². The molecule has 0 aliphatic carbocycles. The molecule has 0 unspecified atom stereocenters. The molecule has 1 aliphatic rings. The topological polar surface area (TPSA) is 67.6 Å². The maximum atomic E-state index is 12.0. The minimum absolute atomic E-state index is 0.227. The molecule has 21 heavy (non-hydrogen) atoms. The summed E-state index contributed by atoms with van der Waals surface area (Å²) >= 11 is 0. The number of carbonyl (C=O) groups excluding carboxylic acids is 1. The summed E-state index contributed by atoms with van der Waals surface area (Å²) in [6.07, 6.45) is 1.55. The SMILES string of the molecule is CCNc1cc(C2CCN(C(=O)OC(C)(C)C)CC2)no1. The van der Waals surface area contributed by atoms with Gasteiger partial charge in [-0.05, 0) is 40.5 Å². The van der Waals surface area contributed by atoms with Gasteiger partial charge in [0.1, 0.15) is 5.60 Å². The summed E-state index contributed by atoms with van der Waals surface area (Å²) < 4.78 is 10.6. The summed E-state index contributed by atoms with van der Waals surface area (Å²) in [6, 6.07) is 1.96. The van der Waals surface area contributed by atoms with Gasteiger partial charge in [0.25, 0.3) is 0 Å². The van der Waals surface area contributed by atoms with Gasteiger partial charge in [-0.25, -0.2) is 4.79 Å². The Morgan fingerprint density at radius 2 is 2.14 bits per heavy atom. The van der Waals surface area contributed by atoms with Crippen LogP contribution in [0.25, 0.3) is 0 Å². The highest BCUT2D eigenvalue weighted by Gasteiger charge is 2.28. The standard InChI is InChI=1S/C15H25N3O3/c1-5-16-13-10-12(17-21-13)11-6-8-18(9-7-11)14(19)20-15(2,3)4/h10-11,16H,5-9H2,1-4H3. The summed E-state index contributed by atoms with van der Waals surface area (Å²) in [5, 5.41) is 7.22. The van der Waals surface area contributed by atoms with Crippen LogP contribution in [0.15, 0.2) is 10.6 Å². The lowest BCUT2D eigenvalue weighted by atomic mass is 9.94. The number of nitrogens with zero attached hydrogens (tertiary/aromatic N) is 2. The fourth-order valence-corrected chi connectivity index (χ4v) is 2.42. The van der Waals surface area contributed by atoms with Gasteiger partial charge in [0.05, 0.1) is 5.69 Å². The number of anilines is 1. The zero-order valence-electron chi connectivity index (χ0n) is 13.3. The highest BCUT2D eigenvalue weighted by atomic mass is 16.6. The monoisotopic (exact) mass is 295 g/mol. The lowest BCUT2D eigenvalue weighted by Crippen LogP contribution is -2.41. The number of amides is 1. The van der Waals surface area contributed by atoms with Gasteiger partial charge in [-0.2, -0.15) is 0 Å². The molecule has 0 radical (unpaired) electrons. The first-order chi connectivity index (χ1) is 9.89. The van der Waals surface area contributed by atoms with Crippen molar-refractivity contribution in [1.29, 1.82) is 0 Å². The van der Waals surface area contributed by atoms with E-state index in [9.17, 15) is 4.79 Å². The van der Waals surface area contributed by atoms with Crippen molar-refractivity contribution in [2.24, 2.45) is 0 Å². The largest absolute Gasteiger partial charge is 0.444 e. The lowest BCUT2D eigenvalue weighted by molar-refractivity contribution is 0.0203. The predicted octanol–water partition coefficient (Wildman–Crippen LogP) is 3.22. The van der Waals surface area contributed by atoms with E-state index in [2.05, 4.69) is 10.5 Å². The molecule has 2 heterocycles. The zero-order valence-corrected chi connectivity index (χ0v) is 13.3. The molecule has 0 saturated carbocycles. The van der Waals surface area contributed by atoms with Gasteiger partial charge in [-0.1, -0.05) is 5.16 Å². The lowest BCUT2D eigenvalue weighted by Gasteiger charge is -2.32. The summed E-state index contributed by atoms with van der Waals surface area (Å²) in [5.74, 6) is 1.06. The van der Waals surface area contributed by atoms with Crippen LogP contribution >= 0.6 is 0 Å². The van der Waals surface area contributed by atoms with Crippen LogP contribution in [0.3, 0.4) is 0 Å². The van der Waals surface area contributed by atoms with Gasteiger partial charge in [0.15, 0.2) is 0 Å². The number of nitrogens with one attached hydrogen (secondary N) is 1. The van der Waals surface area contributed by atoms with E-state index in [0.29, 0.717) is 24.9 Å². The van der Waals surface area contributed by atoms with E-state index in [1.807, 2.05) is 33.8 Å². The Kier molecular flexibility index (Phi) is 4.75. The van der Waals surface area contributed by atoms with Crippen LogP contribution in [0.1, 0.15) is 52.1 Å². The quantitative estimate of drug-likeness (QED) is 0.927. The van der Waals surface area contributed by atoms with E-state index in [0.717, 1.165) is 25.1 Å². The smallest absolute Gasteiger partial charge is 0.410 e. The summed E-state index contributed by atoms with van der Waals surface area (Å²) in [4.78, 5) is 13.8. The minimum atomic E-state index is -0.444. The fraction of sp³-hybridized carbons (Fsp3) is 0.733. The van der Waals surface area contributed by atoms with Crippen LogP contribution in [0.4, 0.5) is 10.7 Å². The van der Waals surface area contributed by atoms with E-state index in [4.69, 9.17) is 9.26 Å². The third kappa shape index (κ3) is 4.37. The van der Waals surface area contributed by atoms with E-state index in [1.165, 1.54) is 0 Å². The molecule has 1 N–H and O–H groups in total. The van der Waals surface area contributed by atoms with E-state index in [-0.39, 0.29) is 6.09 Å². The Bertz CT molecular complexity index is 471. The number of rotatable bonds is 3. The Hall–Kier alpha value is -1.72. The molecule has 6 nitrogen and oxygen atoms in total. The van der Waals surface area contributed by atoms with Crippen molar-refractivity contribution in [1.82, 2.24) is 10.1 Å². The van der Waals surface area contributed by atoms with Crippen LogP contribution in [0, 0.1) is 0 Å². The van der Waals surface area contributed by atoms with Crippen LogP contribution < -0.4 is 5.32 Å². The van der Waals surface area contributed by atoms with E-state index in [1.54, 1.807) is 4.90 Å². The Balaban J connectivity index is 1.86. The third-order valence-corrected chi connectivity index (χ3v) is 3.44. The van der Waals surface area contributed by atoms with Crippen molar-refractivity contribution in [3.8, 4) is 0 Å². The molecule has 0 spiro atoms. The van der Waals surface area contributed by atoms with Gasteiger partial charge in [0.2, 0.25) is 5.88 Å². The van der Waals surface area contributed by atoms with E-state index >= 15 is 0 Å². The van der Waals surface area contributed by atoms with Crippen LogP contribution in [0.2, 0.25) is 0 Å². The number of likely N-dealkylation sites (tertiary alicyclic amines) is 1. The second-order valence-electron chi connectivity index (χ2n) is 6.39. The molecule has 2 rings (SSSR count). The van der Waals surface area contributed by atoms with Gasteiger partial charge in [-0.15, -0.1) is 0 Å². The predicted molar refractivity (Wildman–Crippen MR) is 80.4 cm³/mol. The minimum Gasteiger partial charge on any atom is -0.444 e. The molecule has 0 aromatic carbocycles. The van der Waals surface area contributed by atoms with E-state index < -0.39 is 5.60 Å². The van der Waals surface area contributed by atoms with Crippen molar-refractivity contribution in [2.75, 3.05) is 25.0 Å². The van der Waals surface area contributed by atoms with Gasteiger partial charge in [0, 0.05) is 31.6 Å². The molecule has 1 aliphatic heterocycles. The fourth-order valence-electron chi connectivity index (χ4n) is 2.42. The highest BCUT2D eigenvalue weighted by Crippen LogP contribution is 2.29. The molecule has 118 valence electrons. The third-order valence-electron chi connectivity index (χ3n) is 3.44. The van der Waals surface area contributed by atoms with Crippen molar-refractivity contribution in [3.63, 3.8) is 0 Å². The van der Waals surface area contributed by atoms with Crippen molar-refractivity contribution in [3.05, 3.63) is 11.8 Å². The first kappa shape index (κ1) is 15.7. The normalized spacial score (nSPS) is 16.9. The molecule has 1 aromatic rings.